The van der Waals surface area contributed by atoms with Crippen molar-refractivity contribution in [1.82, 2.24) is 0 Å². The molecule has 0 saturated heterocycles. The highest BCUT2D eigenvalue weighted by molar-refractivity contribution is 6.06. The van der Waals surface area contributed by atoms with E-state index in [4.69, 9.17) is 18.9 Å². The summed E-state index contributed by atoms with van der Waals surface area (Å²) in [5, 5.41) is 2.72. The van der Waals surface area contributed by atoms with Gasteiger partial charge < -0.3 is 24.3 Å². The molecule has 1 amide bonds. The Kier molecular flexibility index (Phi) is 8.55. The van der Waals surface area contributed by atoms with Gasteiger partial charge in [-0.1, -0.05) is 32.9 Å². The summed E-state index contributed by atoms with van der Waals surface area (Å²) in [5.74, 6) is -0.485. The molecule has 194 valence electrons. The van der Waals surface area contributed by atoms with Crippen LogP contribution in [0.25, 0.3) is 0 Å². The van der Waals surface area contributed by atoms with Crippen molar-refractivity contribution in [3.05, 3.63) is 88.5 Å². The summed E-state index contributed by atoms with van der Waals surface area (Å²) in [6.07, 6.45) is 0. The standard InChI is InChI=1S/C29H31NO7/c1-29(2,3)22-8-10-24(11-9-22)37-17-21-13-18(7-12-25(21)34-4)26(31)30-23-15-19(27(32)35-5)14-20(16-23)28(33)36-6/h7-16H,17H2,1-6H3,(H,30,31). The minimum atomic E-state index is -0.652. The Hall–Kier alpha value is -4.33. The zero-order chi connectivity index (χ0) is 27.2. The van der Waals surface area contributed by atoms with Crippen LogP contribution in [0, 0.1) is 0 Å². The molecule has 1 N–H and O–H groups in total. The number of anilines is 1. The molecule has 0 radical (unpaired) electrons. The zero-order valence-electron chi connectivity index (χ0n) is 21.8. The second-order valence-corrected chi connectivity index (χ2v) is 9.33. The molecule has 0 aliphatic heterocycles. The fourth-order valence-electron chi connectivity index (χ4n) is 3.62. The molecule has 0 saturated carbocycles. The van der Waals surface area contributed by atoms with Crippen molar-refractivity contribution >= 4 is 23.5 Å². The quantitative estimate of drug-likeness (QED) is 0.409. The van der Waals surface area contributed by atoms with Crippen molar-refractivity contribution in [2.24, 2.45) is 0 Å². The van der Waals surface area contributed by atoms with E-state index >= 15 is 0 Å². The number of esters is 2. The lowest BCUT2D eigenvalue weighted by Gasteiger charge is -2.19. The van der Waals surface area contributed by atoms with Crippen LogP contribution in [0.4, 0.5) is 5.69 Å². The number of rotatable bonds is 8. The number of amides is 1. The topological polar surface area (TPSA) is 100 Å². The maximum atomic E-state index is 13.0. The number of carbonyl (C=O) groups is 3. The van der Waals surface area contributed by atoms with Crippen LogP contribution < -0.4 is 14.8 Å². The van der Waals surface area contributed by atoms with Crippen LogP contribution in [0.1, 0.15) is 63.0 Å². The van der Waals surface area contributed by atoms with Crippen molar-refractivity contribution in [2.45, 2.75) is 32.8 Å². The van der Waals surface area contributed by atoms with Crippen LogP contribution in [-0.4, -0.2) is 39.2 Å². The van der Waals surface area contributed by atoms with E-state index in [0.717, 1.165) is 0 Å². The average molecular weight is 506 g/mol. The highest BCUT2D eigenvalue weighted by atomic mass is 16.5. The molecule has 0 spiro atoms. The first kappa shape index (κ1) is 27.3. The van der Waals surface area contributed by atoms with Gasteiger partial charge >= 0.3 is 11.9 Å². The van der Waals surface area contributed by atoms with E-state index in [1.807, 2.05) is 24.3 Å². The molecule has 0 aliphatic rings. The largest absolute Gasteiger partial charge is 0.496 e. The summed E-state index contributed by atoms with van der Waals surface area (Å²) in [6.45, 7) is 6.62. The highest BCUT2D eigenvalue weighted by Crippen LogP contribution is 2.27. The third-order valence-corrected chi connectivity index (χ3v) is 5.69. The van der Waals surface area contributed by atoms with Gasteiger partial charge in [0.2, 0.25) is 0 Å². The Balaban J connectivity index is 1.81. The number of ether oxygens (including phenoxy) is 4. The van der Waals surface area contributed by atoms with Crippen LogP contribution in [0.3, 0.4) is 0 Å². The normalized spacial score (nSPS) is 10.9. The Morgan fingerprint density at radius 3 is 1.86 bits per heavy atom. The van der Waals surface area contributed by atoms with Gasteiger partial charge in [-0.3, -0.25) is 4.79 Å². The first-order chi connectivity index (χ1) is 17.5. The highest BCUT2D eigenvalue weighted by Gasteiger charge is 2.17. The van der Waals surface area contributed by atoms with E-state index in [9.17, 15) is 14.4 Å². The van der Waals surface area contributed by atoms with Crippen molar-refractivity contribution in [3.8, 4) is 11.5 Å². The molecule has 8 heteroatoms. The average Bonchev–Trinajstić information content (AvgIpc) is 2.90. The Bertz CT molecular complexity index is 1260. The van der Waals surface area contributed by atoms with Crippen molar-refractivity contribution < 1.29 is 33.3 Å². The van der Waals surface area contributed by atoms with Gasteiger partial charge in [-0.25, -0.2) is 9.59 Å². The molecule has 3 aromatic rings. The number of carbonyl (C=O) groups excluding carboxylic acids is 3. The Morgan fingerprint density at radius 2 is 1.35 bits per heavy atom. The third-order valence-electron chi connectivity index (χ3n) is 5.69. The van der Waals surface area contributed by atoms with Gasteiger partial charge in [0.15, 0.2) is 0 Å². The van der Waals surface area contributed by atoms with Gasteiger partial charge in [-0.2, -0.15) is 0 Å². The molecule has 0 atom stereocenters. The van der Waals surface area contributed by atoms with Gasteiger partial charge in [0.05, 0.1) is 32.5 Å². The maximum Gasteiger partial charge on any atom is 0.337 e. The first-order valence-electron chi connectivity index (χ1n) is 11.6. The van der Waals surface area contributed by atoms with Crippen LogP contribution in [0.15, 0.2) is 60.7 Å². The van der Waals surface area contributed by atoms with Crippen LogP contribution in [-0.2, 0) is 21.5 Å². The lowest BCUT2D eigenvalue weighted by molar-refractivity contribution is 0.0598. The van der Waals surface area contributed by atoms with E-state index in [1.165, 1.54) is 38.0 Å². The lowest BCUT2D eigenvalue weighted by atomic mass is 9.87. The van der Waals surface area contributed by atoms with Gasteiger partial charge in [0, 0.05) is 16.8 Å². The summed E-state index contributed by atoms with van der Waals surface area (Å²) in [6, 6.07) is 17.0. The van der Waals surface area contributed by atoms with Crippen molar-refractivity contribution in [3.63, 3.8) is 0 Å². The van der Waals surface area contributed by atoms with Crippen molar-refractivity contribution in [1.29, 1.82) is 0 Å². The molecular formula is C29H31NO7. The molecule has 0 aromatic heterocycles. The Labute approximate surface area is 216 Å². The second kappa shape index (κ2) is 11.6. The third kappa shape index (κ3) is 6.88. The molecule has 3 rings (SSSR count). The summed E-state index contributed by atoms with van der Waals surface area (Å²) in [5.41, 5.74) is 2.68. The number of hydrogen-bond donors (Lipinski definition) is 1. The van der Waals surface area contributed by atoms with Crippen LogP contribution >= 0.6 is 0 Å². The maximum absolute atomic E-state index is 13.0. The summed E-state index contributed by atoms with van der Waals surface area (Å²) >= 11 is 0. The zero-order valence-corrected chi connectivity index (χ0v) is 21.8. The minimum Gasteiger partial charge on any atom is -0.496 e. The number of nitrogens with one attached hydrogen (secondary N) is 1. The van der Waals surface area contributed by atoms with Gasteiger partial charge in [-0.15, -0.1) is 0 Å². The molecule has 0 heterocycles. The van der Waals surface area contributed by atoms with Gasteiger partial charge in [0.25, 0.3) is 5.91 Å². The predicted octanol–water partition coefficient (Wildman–Crippen LogP) is 5.40. The minimum absolute atomic E-state index is 0.0391. The molecule has 37 heavy (non-hydrogen) atoms. The molecular weight excluding hydrogens is 474 g/mol. The molecule has 0 fully saturated rings. The van der Waals surface area contributed by atoms with Gasteiger partial charge in [-0.05, 0) is 59.5 Å². The molecule has 3 aromatic carbocycles. The lowest BCUT2D eigenvalue weighted by Crippen LogP contribution is -2.15. The summed E-state index contributed by atoms with van der Waals surface area (Å²) in [4.78, 5) is 37.1. The first-order valence-corrected chi connectivity index (χ1v) is 11.6. The van der Waals surface area contributed by atoms with Crippen LogP contribution in [0.5, 0.6) is 11.5 Å². The molecule has 0 unspecified atom stereocenters. The predicted molar refractivity (Wildman–Crippen MR) is 140 cm³/mol. The molecule has 8 nitrogen and oxygen atoms in total. The fraction of sp³-hybridized carbons (Fsp3) is 0.276. The van der Waals surface area contributed by atoms with E-state index in [-0.39, 0.29) is 28.8 Å². The monoisotopic (exact) mass is 505 g/mol. The molecule has 0 aliphatic carbocycles. The SMILES string of the molecule is COC(=O)c1cc(NC(=O)c2ccc(OC)c(COc3ccc(C(C)(C)C)cc3)c2)cc(C(=O)OC)c1. The summed E-state index contributed by atoms with van der Waals surface area (Å²) in [7, 11) is 4.00. The fourth-order valence-corrected chi connectivity index (χ4v) is 3.62. The Morgan fingerprint density at radius 1 is 0.757 bits per heavy atom. The number of methoxy groups -OCH3 is 3. The smallest absolute Gasteiger partial charge is 0.337 e. The number of hydrogen-bond acceptors (Lipinski definition) is 7. The molecule has 0 bridgehead atoms. The van der Waals surface area contributed by atoms with Crippen LogP contribution in [0.2, 0.25) is 0 Å². The summed E-state index contributed by atoms with van der Waals surface area (Å²) < 4.78 is 20.9. The van der Waals surface area contributed by atoms with E-state index in [1.54, 1.807) is 25.3 Å². The second-order valence-electron chi connectivity index (χ2n) is 9.33. The van der Waals surface area contributed by atoms with E-state index < -0.39 is 17.8 Å². The van der Waals surface area contributed by atoms with Crippen molar-refractivity contribution in [2.75, 3.05) is 26.6 Å². The van der Waals surface area contributed by atoms with E-state index in [2.05, 4.69) is 26.1 Å². The van der Waals surface area contributed by atoms with Gasteiger partial charge in [0.1, 0.15) is 18.1 Å². The number of benzene rings is 3. The van der Waals surface area contributed by atoms with E-state index in [0.29, 0.717) is 22.6 Å².